The van der Waals surface area contributed by atoms with E-state index < -0.39 is 38.5 Å². The van der Waals surface area contributed by atoms with E-state index in [1.807, 2.05) is 30.3 Å². The van der Waals surface area contributed by atoms with Crippen LogP contribution in [0.2, 0.25) is 0 Å². The summed E-state index contributed by atoms with van der Waals surface area (Å²) < 4.78 is 71.2. The number of nitrogens with zero attached hydrogens (tertiary/aromatic N) is 1. The fraction of sp³-hybridized carbons (Fsp3) is 0.174. The number of rotatable bonds is 9. The van der Waals surface area contributed by atoms with E-state index >= 15 is 0 Å². The van der Waals surface area contributed by atoms with E-state index in [2.05, 4.69) is 4.98 Å². The summed E-state index contributed by atoms with van der Waals surface area (Å²) in [5.41, 5.74) is -0.204. The van der Waals surface area contributed by atoms with E-state index in [0.717, 1.165) is 30.0 Å². The van der Waals surface area contributed by atoms with Crippen LogP contribution < -0.4 is 4.72 Å². The molecule has 1 atom stereocenters. The monoisotopic (exact) mass is 492 g/mol. The van der Waals surface area contributed by atoms with Gasteiger partial charge in [-0.25, -0.2) is 13.1 Å². The van der Waals surface area contributed by atoms with Gasteiger partial charge in [0.1, 0.15) is 6.29 Å². The highest BCUT2D eigenvalue weighted by atomic mass is 32.2. The van der Waals surface area contributed by atoms with Crippen molar-refractivity contribution in [3.05, 3.63) is 101 Å². The first kappa shape index (κ1) is 25.1. The van der Waals surface area contributed by atoms with Crippen LogP contribution in [0.5, 0.6) is 0 Å². The van der Waals surface area contributed by atoms with Crippen molar-refractivity contribution >= 4 is 22.2 Å². The lowest BCUT2D eigenvalue weighted by Crippen LogP contribution is -2.35. The predicted octanol–water partition coefficient (Wildman–Crippen LogP) is 3.82. The van der Waals surface area contributed by atoms with E-state index in [-0.39, 0.29) is 18.5 Å². The number of pyridine rings is 1. The van der Waals surface area contributed by atoms with Crippen LogP contribution in [0.3, 0.4) is 0 Å². The molecule has 0 aliphatic rings. The van der Waals surface area contributed by atoms with Crippen LogP contribution in [-0.2, 0) is 38.9 Å². The number of benzene rings is 2. The zero-order valence-corrected chi connectivity index (χ0v) is 18.3. The predicted molar refractivity (Wildman–Crippen MR) is 116 cm³/mol. The Kier molecular flexibility index (Phi) is 7.79. The number of amides is 1. The Hall–Kier alpha value is -3.57. The van der Waals surface area contributed by atoms with Gasteiger partial charge < -0.3 is 9.53 Å². The van der Waals surface area contributed by atoms with Gasteiger partial charge in [-0.05, 0) is 29.3 Å². The molecule has 0 radical (unpaired) electrons. The Bertz CT molecular complexity index is 1250. The molecule has 0 fully saturated rings. The van der Waals surface area contributed by atoms with Crippen molar-refractivity contribution in [2.75, 3.05) is 0 Å². The minimum Gasteiger partial charge on any atom is -0.370 e. The van der Waals surface area contributed by atoms with Gasteiger partial charge >= 0.3 is 6.18 Å². The molecule has 2 aromatic carbocycles. The second-order valence-electron chi connectivity index (χ2n) is 7.17. The smallest absolute Gasteiger partial charge is 0.370 e. The molecule has 34 heavy (non-hydrogen) atoms. The number of carbonyl (C=O) groups excluding carboxylic acids is 2. The standard InChI is InChI=1S/C23H19F3N2O5S/c24-23(25,26)19-8-4-7-17(11-19)21(13-29)34(31,32)28-22(30)18-9-10-20(27-12-18)15-33-14-16-5-2-1-3-6-16/h1-13,21H,14-15H2,(H,28,30). The average molecular weight is 492 g/mol. The highest BCUT2D eigenvalue weighted by molar-refractivity contribution is 7.91. The Morgan fingerprint density at radius 2 is 1.76 bits per heavy atom. The van der Waals surface area contributed by atoms with E-state index in [1.54, 1.807) is 4.72 Å². The molecule has 3 aromatic rings. The largest absolute Gasteiger partial charge is 0.416 e. The second-order valence-corrected chi connectivity index (χ2v) is 8.97. The third-order valence-electron chi connectivity index (χ3n) is 4.68. The zero-order chi connectivity index (χ0) is 24.8. The second kappa shape index (κ2) is 10.6. The van der Waals surface area contributed by atoms with E-state index in [1.165, 1.54) is 12.1 Å². The average Bonchev–Trinajstić information content (AvgIpc) is 2.80. The molecule has 3 rings (SSSR count). The van der Waals surface area contributed by atoms with Gasteiger partial charge in [-0.1, -0.05) is 48.5 Å². The molecule has 1 heterocycles. The molecule has 0 saturated carbocycles. The lowest BCUT2D eigenvalue weighted by molar-refractivity contribution is -0.137. The van der Waals surface area contributed by atoms with Crippen molar-refractivity contribution in [3.63, 3.8) is 0 Å². The number of halogens is 3. The van der Waals surface area contributed by atoms with Gasteiger partial charge in [-0.3, -0.25) is 9.78 Å². The number of alkyl halides is 3. The number of carbonyl (C=O) groups is 2. The third-order valence-corrected chi connectivity index (χ3v) is 6.21. The first-order valence-electron chi connectivity index (χ1n) is 9.85. The van der Waals surface area contributed by atoms with Crippen LogP contribution in [0.15, 0.2) is 72.9 Å². The van der Waals surface area contributed by atoms with Gasteiger partial charge in [-0.15, -0.1) is 0 Å². The van der Waals surface area contributed by atoms with E-state index in [4.69, 9.17) is 4.74 Å². The molecule has 7 nitrogen and oxygen atoms in total. The van der Waals surface area contributed by atoms with Gasteiger partial charge in [0, 0.05) is 6.20 Å². The number of nitrogens with one attached hydrogen (secondary N) is 1. The molecule has 0 bridgehead atoms. The van der Waals surface area contributed by atoms with Crippen LogP contribution in [-0.4, -0.2) is 25.6 Å². The van der Waals surface area contributed by atoms with E-state index in [9.17, 15) is 31.2 Å². The van der Waals surface area contributed by atoms with Crippen molar-refractivity contribution in [2.24, 2.45) is 0 Å². The number of hydrogen-bond acceptors (Lipinski definition) is 6. The zero-order valence-electron chi connectivity index (χ0n) is 17.5. The lowest BCUT2D eigenvalue weighted by atomic mass is 10.1. The number of sulfonamides is 1. The normalized spacial score (nSPS) is 12.7. The minimum atomic E-state index is -4.73. The molecule has 0 saturated heterocycles. The molecule has 1 amide bonds. The molecule has 1 unspecified atom stereocenters. The summed E-state index contributed by atoms with van der Waals surface area (Å²) in [4.78, 5) is 27.9. The third kappa shape index (κ3) is 6.49. The van der Waals surface area contributed by atoms with Crippen molar-refractivity contribution in [1.29, 1.82) is 0 Å². The maximum atomic E-state index is 12.9. The SMILES string of the molecule is O=CC(c1cccc(C(F)(F)F)c1)S(=O)(=O)NC(=O)c1ccc(COCc2ccccc2)nc1. The molecular formula is C23H19F3N2O5S. The van der Waals surface area contributed by atoms with Crippen LogP contribution in [0.1, 0.15) is 38.0 Å². The molecule has 1 N–H and O–H groups in total. The molecule has 0 aliphatic heterocycles. The number of ether oxygens (including phenoxy) is 1. The van der Waals surface area contributed by atoms with Crippen molar-refractivity contribution < 1.29 is 35.9 Å². The van der Waals surface area contributed by atoms with Gasteiger partial charge in [0.05, 0.1) is 30.0 Å². The van der Waals surface area contributed by atoms with Gasteiger partial charge in [0.15, 0.2) is 5.25 Å². The fourth-order valence-corrected chi connectivity index (χ4v) is 4.12. The fourth-order valence-electron chi connectivity index (χ4n) is 2.97. The Morgan fingerprint density at radius 3 is 2.38 bits per heavy atom. The van der Waals surface area contributed by atoms with Gasteiger partial charge in [0.2, 0.25) is 10.0 Å². The van der Waals surface area contributed by atoms with Crippen LogP contribution in [0.25, 0.3) is 0 Å². The van der Waals surface area contributed by atoms with Crippen molar-refractivity contribution in [3.8, 4) is 0 Å². The highest BCUT2D eigenvalue weighted by Gasteiger charge is 2.34. The Labute approximate surface area is 193 Å². The van der Waals surface area contributed by atoms with Crippen LogP contribution >= 0.6 is 0 Å². The number of hydrogen-bond donors (Lipinski definition) is 1. The molecule has 1 aromatic heterocycles. The van der Waals surface area contributed by atoms with Gasteiger partial charge in [-0.2, -0.15) is 13.2 Å². The summed E-state index contributed by atoms with van der Waals surface area (Å²) in [7, 11) is -4.68. The summed E-state index contributed by atoms with van der Waals surface area (Å²) in [5, 5.41) is -2.02. The summed E-state index contributed by atoms with van der Waals surface area (Å²) in [6.45, 7) is 0.503. The quantitative estimate of drug-likeness (QED) is 0.456. The Balaban J connectivity index is 1.66. The molecular weight excluding hydrogens is 473 g/mol. The minimum absolute atomic E-state index is 0.0451. The number of aldehydes is 1. The van der Waals surface area contributed by atoms with Crippen LogP contribution in [0, 0.1) is 0 Å². The molecule has 11 heteroatoms. The van der Waals surface area contributed by atoms with Gasteiger partial charge in [0.25, 0.3) is 5.91 Å². The molecule has 0 spiro atoms. The summed E-state index contributed by atoms with van der Waals surface area (Å²) in [6, 6.07) is 15.5. The van der Waals surface area contributed by atoms with E-state index in [0.29, 0.717) is 18.4 Å². The van der Waals surface area contributed by atoms with Crippen molar-refractivity contribution in [1.82, 2.24) is 9.71 Å². The lowest BCUT2D eigenvalue weighted by Gasteiger charge is -2.15. The van der Waals surface area contributed by atoms with Crippen LogP contribution in [0.4, 0.5) is 13.2 Å². The highest BCUT2D eigenvalue weighted by Crippen LogP contribution is 2.31. The summed E-state index contributed by atoms with van der Waals surface area (Å²) >= 11 is 0. The maximum absolute atomic E-state index is 12.9. The molecule has 0 aliphatic carbocycles. The molecule has 178 valence electrons. The summed E-state index contributed by atoms with van der Waals surface area (Å²) in [5.74, 6) is -1.08. The first-order valence-corrected chi connectivity index (χ1v) is 11.4. The number of aromatic nitrogens is 1. The van der Waals surface area contributed by atoms with Crippen molar-refractivity contribution in [2.45, 2.75) is 24.6 Å². The topological polar surface area (TPSA) is 102 Å². The first-order chi connectivity index (χ1) is 16.1. The maximum Gasteiger partial charge on any atom is 0.416 e. The summed E-state index contributed by atoms with van der Waals surface area (Å²) in [6.07, 6.45) is -3.64. The Morgan fingerprint density at radius 1 is 1.03 bits per heavy atom.